The van der Waals surface area contributed by atoms with Crippen molar-refractivity contribution >= 4 is 5.91 Å². The van der Waals surface area contributed by atoms with E-state index in [0.717, 1.165) is 45.0 Å². The van der Waals surface area contributed by atoms with E-state index < -0.39 is 17.2 Å². The van der Waals surface area contributed by atoms with Crippen molar-refractivity contribution in [2.45, 2.75) is 25.3 Å². The van der Waals surface area contributed by atoms with Gasteiger partial charge >= 0.3 is 5.69 Å². The number of carbonyl (C=O) groups excluding carboxylic acids is 1. The number of amides is 1. The van der Waals surface area contributed by atoms with Crippen molar-refractivity contribution in [1.82, 2.24) is 20.2 Å². The summed E-state index contributed by atoms with van der Waals surface area (Å²) in [6.45, 7) is 2.73. The lowest BCUT2D eigenvalue weighted by Gasteiger charge is -2.33. The van der Waals surface area contributed by atoms with Crippen LogP contribution in [0.3, 0.4) is 0 Å². The van der Waals surface area contributed by atoms with Gasteiger partial charge in [0.2, 0.25) is 0 Å². The number of likely N-dealkylation sites (tertiary alicyclic amines) is 1. The third-order valence-electron chi connectivity index (χ3n) is 4.41. The minimum Gasteiger partial charge on any atom is -0.347 e. The van der Waals surface area contributed by atoms with Crippen molar-refractivity contribution in [2.24, 2.45) is 0 Å². The van der Waals surface area contributed by atoms with Crippen molar-refractivity contribution in [3.8, 4) is 0 Å². The molecule has 2 heterocycles. The van der Waals surface area contributed by atoms with Crippen LogP contribution in [0.15, 0.2) is 46.0 Å². The molecule has 1 amide bonds. The summed E-state index contributed by atoms with van der Waals surface area (Å²) < 4.78 is 0. The molecule has 1 aromatic carbocycles. The molecule has 25 heavy (non-hydrogen) atoms. The van der Waals surface area contributed by atoms with Crippen LogP contribution in [0.2, 0.25) is 0 Å². The summed E-state index contributed by atoms with van der Waals surface area (Å²) in [5.74, 6) is -0.418. The van der Waals surface area contributed by atoms with Crippen LogP contribution < -0.4 is 16.6 Å². The molecule has 132 valence electrons. The van der Waals surface area contributed by atoms with Crippen molar-refractivity contribution in [3.05, 3.63) is 68.5 Å². The summed E-state index contributed by atoms with van der Waals surface area (Å²) >= 11 is 0. The molecule has 0 spiro atoms. The molecule has 1 aromatic heterocycles. The molecule has 1 fully saturated rings. The number of nitrogens with one attached hydrogen (secondary N) is 3. The molecule has 0 saturated carbocycles. The second-order valence-corrected chi connectivity index (χ2v) is 6.35. The van der Waals surface area contributed by atoms with E-state index in [1.165, 1.54) is 5.56 Å². The summed E-state index contributed by atoms with van der Waals surface area (Å²) in [5.41, 5.74) is 0.0396. The van der Waals surface area contributed by atoms with Gasteiger partial charge in [-0.1, -0.05) is 30.3 Å². The Hall–Kier alpha value is -2.67. The number of hydrogen-bond donors (Lipinski definition) is 3. The van der Waals surface area contributed by atoms with Gasteiger partial charge < -0.3 is 15.2 Å². The molecular weight excluding hydrogens is 320 g/mol. The van der Waals surface area contributed by atoms with E-state index in [1.54, 1.807) is 0 Å². The van der Waals surface area contributed by atoms with E-state index >= 15 is 0 Å². The molecule has 0 bridgehead atoms. The molecule has 1 unspecified atom stereocenters. The molecule has 1 aliphatic rings. The third-order valence-corrected chi connectivity index (χ3v) is 4.41. The highest BCUT2D eigenvalue weighted by Gasteiger charge is 2.22. The Morgan fingerprint density at radius 1 is 1.20 bits per heavy atom. The molecule has 0 aliphatic carbocycles. The maximum absolute atomic E-state index is 12.3. The van der Waals surface area contributed by atoms with Gasteiger partial charge in [-0.05, 0) is 31.4 Å². The first-order valence-electron chi connectivity index (χ1n) is 8.51. The van der Waals surface area contributed by atoms with E-state index in [1.807, 2.05) is 18.2 Å². The number of carbonyl (C=O) groups is 1. The number of piperidine rings is 1. The van der Waals surface area contributed by atoms with E-state index in [4.69, 9.17) is 0 Å². The minimum absolute atomic E-state index is 0.00448. The van der Waals surface area contributed by atoms with Gasteiger partial charge in [0.15, 0.2) is 0 Å². The van der Waals surface area contributed by atoms with Crippen molar-refractivity contribution in [3.63, 3.8) is 0 Å². The Morgan fingerprint density at radius 3 is 2.76 bits per heavy atom. The van der Waals surface area contributed by atoms with Crippen LogP contribution in [0.25, 0.3) is 0 Å². The first kappa shape index (κ1) is 17.2. The summed E-state index contributed by atoms with van der Waals surface area (Å²) in [6.07, 6.45) is 2.87. The van der Waals surface area contributed by atoms with E-state index in [2.05, 4.69) is 32.3 Å². The first-order valence-corrected chi connectivity index (χ1v) is 8.51. The molecule has 3 N–H and O–H groups in total. The molecule has 1 saturated heterocycles. The fourth-order valence-corrected chi connectivity index (χ4v) is 3.16. The standard InChI is InChI=1S/C18H22N4O3/c23-16-11-15(20-18(25)21-16)17(24)19-14-7-4-9-22(12-14)10-8-13-5-2-1-3-6-13/h1-3,5-6,11,14H,4,7-10,12H2,(H,19,24)(H2,20,21,23,25). The average Bonchev–Trinajstić information content (AvgIpc) is 2.60. The minimum atomic E-state index is -0.675. The predicted molar refractivity (Wildman–Crippen MR) is 94.8 cm³/mol. The molecule has 7 heteroatoms. The summed E-state index contributed by atoms with van der Waals surface area (Å²) in [7, 11) is 0. The van der Waals surface area contributed by atoms with Gasteiger partial charge in [0, 0.05) is 25.2 Å². The van der Waals surface area contributed by atoms with Crippen LogP contribution in [0.5, 0.6) is 0 Å². The van der Waals surface area contributed by atoms with Crippen LogP contribution in [-0.4, -0.2) is 46.5 Å². The molecular formula is C18H22N4O3. The number of H-pyrrole nitrogens is 2. The lowest BCUT2D eigenvalue weighted by Crippen LogP contribution is -2.48. The zero-order valence-electron chi connectivity index (χ0n) is 14.0. The average molecular weight is 342 g/mol. The van der Waals surface area contributed by atoms with Gasteiger partial charge in [-0.3, -0.25) is 14.6 Å². The first-order chi connectivity index (χ1) is 12.1. The highest BCUT2D eigenvalue weighted by atomic mass is 16.2. The van der Waals surface area contributed by atoms with Crippen LogP contribution in [0.4, 0.5) is 0 Å². The Kier molecular flexibility index (Phi) is 5.45. The van der Waals surface area contributed by atoms with Gasteiger partial charge in [-0.2, -0.15) is 0 Å². The fraction of sp³-hybridized carbons (Fsp3) is 0.389. The van der Waals surface area contributed by atoms with Gasteiger partial charge in [0.25, 0.3) is 11.5 Å². The maximum atomic E-state index is 12.3. The van der Waals surface area contributed by atoms with Crippen LogP contribution in [-0.2, 0) is 6.42 Å². The summed E-state index contributed by atoms with van der Waals surface area (Å²) in [5, 5.41) is 2.91. The molecule has 3 rings (SSSR count). The van der Waals surface area contributed by atoms with E-state index in [9.17, 15) is 14.4 Å². The lowest BCUT2D eigenvalue weighted by molar-refractivity contribution is 0.0898. The number of nitrogens with zero attached hydrogens (tertiary/aromatic N) is 1. The maximum Gasteiger partial charge on any atom is 0.326 e. The molecule has 2 aromatic rings. The Bertz CT molecular complexity index is 800. The van der Waals surface area contributed by atoms with Crippen LogP contribution in [0.1, 0.15) is 28.9 Å². The largest absolute Gasteiger partial charge is 0.347 e. The van der Waals surface area contributed by atoms with E-state index in [0.29, 0.717) is 0 Å². The van der Waals surface area contributed by atoms with Gasteiger partial charge in [-0.25, -0.2) is 4.79 Å². The van der Waals surface area contributed by atoms with E-state index in [-0.39, 0.29) is 11.7 Å². The quantitative estimate of drug-likeness (QED) is 0.737. The number of benzene rings is 1. The van der Waals surface area contributed by atoms with Gasteiger partial charge in [0.1, 0.15) is 5.69 Å². The molecule has 1 atom stereocenters. The second-order valence-electron chi connectivity index (χ2n) is 6.35. The molecule has 0 radical (unpaired) electrons. The van der Waals surface area contributed by atoms with Gasteiger partial charge in [-0.15, -0.1) is 0 Å². The number of aromatic amines is 2. The van der Waals surface area contributed by atoms with Gasteiger partial charge in [0.05, 0.1) is 0 Å². The number of hydrogen-bond acceptors (Lipinski definition) is 4. The number of rotatable bonds is 5. The SMILES string of the molecule is O=C(NC1CCCN(CCc2ccccc2)C1)c1cc(=O)[nH]c(=O)[nH]1. The van der Waals surface area contributed by atoms with Crippen molar-refractivity contribution in [2.75, 3.05) is 19.6 Å². The highest BCUT2D eigenvalue weighted by molar-refractivity contribution is 5.92. The molecule has 7 nitrogen and oxygen atoms in total. The zero-order valence-corrected chi connectivity index (χ0v) is 14.0. The molecule has 1 aliphatic heterocycles. The Morgan fingerprint density at radius 2 is 2.00 bits per heavy atom. The number of aromatic nitrogens is 2. The van der Waals surface area contributed by atoms with Crippen molar-refractivity contribution in [1.29, 1.82) is 0 Å². The van der Waals surface area contributed by atoms with Crippen molar-refractivity contribution < 1.29 is 4.79 Å². The fourth-order valence-electron chi connectivity index (χ4n) is 3.16. The van der Waals surface area contributed by atoms with Crippen LogP contribution >= 0.6 is 0 Å². The smallest absolute Gasteiger partial charge is 0.326 e. The summed E-state index contributed by atoms with van der Waals surface area (Å²) in [4.78, 5) is 41.6. The normalized spacial score (nSPS) is 18.0. The third kappa shape index (κ3) is 4.90. The topological polar surface area (TPSA) is 98.1 Å². The Labute approximate surface area is 145 Å². The summed E-state index contributed by atoms with van der Waals surface area (Å²) in [6, 6.07) is 11.4. The lowest BCUT2D eigenvalue weighted by atomic mass is 10.0. The monoisotopic (exact) mass is 342 g/mol. The highest BCUT2D eigenvalue weighted by Crippen LogP contribution is 2.12. The second kappa shape index (κ2) is 7.94. The van der Waals surface area contributed by atoms with Crippen LogP contribution in [0, 0.1) is 0 Å². The zero-order chi connectivity index (χ0) is 17.6. The Balaban J connectivity index is 1.55. The predicted octanol–water partition coefficient (Wildman–Crippen LogP) is 0.500.